The van der Waals surface area contributed by atoms with Crippen molar-refractivity contribution in [2.75, 3.05) is 12.1 Å². The quantitative estimate of drug-likeness (QED) is 0.235. The van der Waals surface area contributed by atoms with Gasteiger partial charge in [0.1, 0.15) is 12.4 Å². The second-order valence-corrected chi connectivity index (χ2v) is 8.32. The number of carbonyl (C=O) groups is 2. The summed E-state index contributed by atoms with van der Waals surface area (Å²) in [6.07, 6.45) is 2.95. The van der Waals surface area contributed by atoms with Crippen molar-refractivity contribution >= 4 is 17.9 Å². The molecule has 1 aromatic carbocycles. The van der Waals surface area contributed by atoms with Crippen LogP contribution >= 0.6 is 0 Å². The number of esters is 1. The number of anilines is 1. The normalized spacial score (nSPS) is 10.7. The Hall–Kier alpha value is -4.73. The lowest BCUT2D eigenvalue weighted by Gasteiger charge is -2.10. The Balaban J connectivity index is 1.34. The standard InChI is InChI=1S/C27H26N4O6/c1-18(2)26(32)35-17-36-27(33)30-25-22(6-5-13-29-25)23-15-21(31-37-23)14-19-8-10-20(11-9-19)16-34-24-7-3-4-12-28-24/h3-13,15,18H,14,16-17H2,1-2H3,(H,29,30,33). The van der Waals surface area contributed by atoms with E-state index in [4.69, 9.17) is 18.7 Å². The second kappa shape index (κ2) is 12.3. The molecule has 0 radical (unpaired) electrons. The van der Waals surface area contributed by atoms with Crippen molar-refractivity contribution < 1.29 is 28.3 Å². The average molecular weight is 503 g/mol. The summed E-state index contributed by atoms with van der Waals surface area (Å²) in [6.45, 7) is 3.29. The molecule has 0 aliphatic heterocycles. The van der Waals surface area contributed by atoms with Gasteiger partial charge in [-0.3, -0.25) is 10.1 Å². The van der Waals surface area contributed by atoms with Gasteiger partial charge in [-0.2, -0.15) is 0 Å². The molecule has 3 aromatic heterocycles. The van der Waals surface area contributed by atoms with E-state index in [0.717, 1.165) is 11.1 Å². The van der Waals surface area contributed by atoms with Gasteiger partial charge in [0, 0.05) is 30.9 Å². The highest BCUT2D eigenvalue weighted by molar-refractivity contribution is 5.88. The largest absolute Gasteiger partial charge is 0.473 e. The van der Waals surface area contributed by atoms with Gasteiger partial charge in [0.25, 0.3) is 0 Å². The maximum Gasteiger partial charge on any atom is 0.415 e. The summed E-state index contributed by atoms with van der Waals surface area (Å²) in [5, 5.41) is 6.69. The molecule has 0 bridgehead atoms. The monoisotopic (exact) mass is 502 g/mol. The number of nitrogens with one attached hydrogen (secondary N) is 1. The third-order valence-corrected chi connectivity index (χ3v) is 5.15. The van der Waals surface area contributed by atoms with Gasteiger partial charge in [-0.15, -0.1) is 0 Å². The summed E-state index contributed by atoms with van der Waals surface area (Å²) in [5.41, 5.74) is 3.31. The molecule has 0 saturated heterocycles. The van der Waals surface area contributed by atoms with E-state index in [2.05, 4.69) is 20.4 Å². The zero-order chi connectivity index (χ0) is 26.0. The van der Waals surface area contributed by atoms with Gasteiger partial charge in [-0.25, -0.2) is 14.8 Å². The van der Waals surface area contributed by atoms with Crippen LogP contribution in [0.2, 0.25) is 0 Å². The summed E-state index contributed by atoms with van der Waals surface area (Å²) >= 11 is 0. The van der Waals surface area contributed by atoms with Crippen LogP contribution in [0.25, 0.3) is 11.3 Å². The number of rotatable bonds is 10. The minimum atomic E-state index is -0.816. The lowest BCUT2D eigenvalue weighted by molar-refractivity contribution is -0.155. The zero-order valence-electron chi connectivity index (χ0n) is 20.4. The predicted molar refractivity (Wildman–Crippen MR) is 133 cm³/mol. The first-order chi connectivity index (χ1) is 18.0. The lowest BCUT2D eigenvalue weighted by atomic mass is 10.1. The molecule has 4 rings (SSSR count). The van der Waals surface area contributed by atoms with Crippen LogP contribution in [0.5, 0.6) is 5.88 Å². The third-order valence-electron chi connectivity index (χ3n) is 5.15. The maximum atomic E-state index is 12.1. The predicted octanol–water partition coefficient (Wildman–Crippen LogP) is 5.01. The Labute approximate surface area is 213 Å². The summed E-state index contributed by atoms with van der Waals surface area (Å²) in [5.74, 6) is 0.452. The van der Waals surface area contributed by atoms with Gasteiger partial charge in [0.05, 0.1) is 17.2 Å². The Bertz CT molecular complexity index is 1320. The maximum absolute atomic E-state index is 12.1. The molecule has 1 amide bonds. The van der Waals surface area contributed by atoms with E-state index in [0.29, 0.717) is 35.9 Å². The van der Waals surface area contributed by atoms with Crippen LogP contribution < -0.4 is 10.1 Å². The SMILES string of the molecule is CC(C)C(=O)OCOC(=O)Nc1ncccc1-c1cc(Cc2ccc(COc3ccccn3)cc2)no1. The van der Waals surface area contributed by atoms with E-state index < -0.39 is 18.9 Å². The smallest absolute Gasteiger partial charge is 0.415 e. The summed E-state index contributed by atoms with van der Waals surface area (Å²) in [7, 11) is 0. The molecule has 190 valence electrons. The van der Waals surface area contributed by atoms with E-state index in [-0.39, 0.29) is 11.7 Å². The van der Waals surface area contributed by atoms with Crippen molar-refractivity contribution in [3.63, 3.8) is 0 Å². The highest BCUT2D eigenvalue weighted by Gasteiger charge is 2.16. The first kappa shape index (κ1) is 25.4. The molecule has 10 heteroatoms. The fraction of sp³-hybridized carbons (Fsp3) is 0.222. The molecule has 0 aliphatic rings. The Morgan fingerprint density at radius 3 is 2.49 bits per heavy atom. The number of nitrogens with zero attached hydrogens (tertiary/aromatic N) is 3. The van der Waals surface area contributed by atoms with Gasteiger partial charge in [0.2, 0.25) is 12.7 Å². The lowest BCUT2D eigenvalue weighted by Crippen LogP contribution is -2.20. The fourth-order valence-corrected chi connectivity index (χ4v) is 3.22. The third kappa shape index (κ3) is 7.38. The summed E-state index contributed by atoms with van der Waals surface area (Å²) in [6, 6.07) is 18.8. The molecule has 10 nitrogen and oxygen atoms in total. The van der Waals surface area contributed by atoms with E-state index in [1.807, 2.05) is 42.5 Å². The van der Waals surface area contributed by atoms with Crippen molar-refractivity contribution in [1.29, 1.82) is 0 Å². The number of pyridine rings is 2. The Morgan fingerprint density at radius 2 is 1.73 bits per heavy atom. The van der Waals surface area contributed by atoms with Crippen molar-refractivity contribution in [3.8, 4) is 17.2 Å². The number of aromatic nitrogens is 3. The minimum absolute atomic E-state index is 0.225. The van der Waals surface area contributed by atoms with Crippen LogP contribution in [0.3, 0.4) is 0 Å². The van der Waals surface area contributed by atoms with Crippen LogP contribution in [-0.4, -0.2) is 34.0 Å². The molecule has 0 saturated carbocycles. The van der Waals surface area contributed by atoms with Crippen molar-refractivity contribution in [1.82, 2.24) is 15.1 Å². The second-order valence-electron chi connectivity index (χ2n) is 8.32. The number of ether oxygens (including phenoxy) is 3. The first-order valence-electron chi connectivity index (χ1n) is 11.6. The minimum Gasteiger partial charge on any atom is -0.473 e. The van der Waals surface area contributed by atoms with Gasteiger partial charge in [-0.1, -0.05) is 49.3 Å². The summed E-state index contributed by atoms with van der Waals surface area (Å²) < 4.78 is 20.9. The zero-order valence-corrected chi connectivity index (χ0v) is 20.4. The molecule has 37 heavy (non-hydrogen) atoms. The first-order valence-corrected chi connectivity index (χ1v) is 11.6. The molecule has 0 atom stereocenters. The topological polar surface area (TPSA) is 126 Å². The van der Waals surface area contributed by atoms with Crippen LogP contribution in [0.15, 0.2) is 77.6 Å². The molecule has 4 aromatic rings. The van der Waals surface area contributed by atoms with Crippen LogP contribution in [0.4, 0.5) is 10.6 Å². The van der Waals surface area contributed by atoms with E-state index in [1.54, 1.807) is 38.2 Å². The molecular weight excluding hydrogens is 476 g/mol. The van der Waals surface area contributed by atoms with Gasteiger partial charge >= 0.3 is 12.1 Å². The Kier molecular flexibility index (Phi) is 8.43. The van der Waals surface area contributed by atoms with Crippen LogP contribution in [0, 0.1) is 5.92 Å². The molecule has 0 aliphatic carbocycles. The number of carbonyl (C=O) groups excluding carboxylic acids is 2. The average Bonchev–Trinajstić information content (AvgIpc) is 3.37. The van der Waals surface area contributed by atoms with Gasteiger partial charge in [0.15, 0.2) is 5.76 Å². The molecular formula is C27H26N4O6. The number of hydrogen-bond donors (Lipinski definition) is 1. The number of amides is 1. The molecule has 3 heterocycles. The van der Waals surface area contributed by atoms with Crippen molar-refractivity contribution in [2.24, 2.45) is 5.92 Å². The molecule has 0 fully saturated rings. The van der Waals surface area contributed by atoms with Crippen molar-refractivity contribution in [3.05, 3.63) is 89.9 Å². The molecule has 0 unspecified atom stereocenters. The van der Waals surface area contributed by atoms with Crippen LogP contribution in [0.1, 0.15) is 30.7 Å². The highest BCUT2D eigenvalue weighted by atomic mass is 16.7. The Morgan fingerprint density at radius 1 is 0.946 bits per heavy atom. The van der Waals surface area contributed by atoms with E-state index >= 15 is 0 Å². The number of benzene rings is 1. The van der Waals surface area contributed by atoms with Crippen LogP contribution in [-0.2, 0) is 27.3 Å². The van der Waals surface area contributed by atoms with E-state index in [9.17, 15) is 9.59 Å². The summed E-state index contributed by atoms with van der Waals surface area (Å²) in [4.78, 5) is 31.9. The highest BCUT2D eigenvalue weighted by Crippen LogP contribution is 2.27. The van der Waals surface area contributed by atoms with Gasteiger partial charge in [-0.05, 0) is 29.3 Å². The van der Waals surface area contributed by atoms with Crippen molar-refractivity contribution in [2.45, 2.75) is 26.9 Å². The molecule has 0 spiro atoms. The van der Waals surface area contributed by atoms with E-state index in [1.165, 1.54) is 6.20 Å². The number of hydrogen-bond acceptors (Lipinski definition) is 9. The fourth-order valence-electron chi connectivity index (χ4n) is 3.22. The van der Waals surface area contributed by atoms with Gasteiger partial charge < -0.3 is 18.7 Å². The molecule has 1 N–H and O–H groups in total.